The molecule has 0 amide bonds. The monoisotopic (exact) mass is 261 g/mol. The van der Waals surface area contributed by atoms with Crippen LogP contribution in [-0.2, 0) is 0 Å². The van der Waals surface area contributed by atoms with Gasteiger partial charge in [0.05, 0.1) is 0 Å². The van der Waals surface area contributed by atoms with Crippen LogP contribution in [-0.4, -0.2) is 50.7 Å². The van der Waals surface area contributed by atoms with Gasteiger partial charge in [-0.2, -0.15) is 0 Å². The number of piperazine rings is 1. The van der Waals surface area contributed by atoms with Crippen molar-refractivity contribution in [1.29, 1.82) is 0 Å². The summed E-state index contributed by atoms with van der Waals surface area (Å²) in [5, 5.41) is 3.24. The van der Waals surface area contributed by atoms with Crippen molar-refractivity contribution in [2.45, 2.75) is 26.8 Å². The highest BCUT2D eigenvalue weighted by Gasteiger charge is 2.23. The fourth-order valence-electron chi connectivity index (χ4n) is 2.96. The molecule has 1 atom stereocenters. The first-order chi connectivity index (χ1) is 9.11. The standard InChI is InChI=1S/C16H27N3/c1-13-5-6-16(14(2)11-13)19-10-9-18(8-7-17-4)15(3)12-19/h5-6,11,15,17H,7-10,12H2,1-4H3. The van der Waals surface area contributed by atoms with Gasteiger partial charge in [-0.3, -0.25) is 4.90 Å². The maximum absolute atomic E-state index is 3.24. The molecule has 0 bridgehead atoms. The Hall–Kier alpha value is -1.06. The molecule has 0 aromatic heterocycles. The summed E-state index contributed by atoms with van der Waals surface area (Å²) >= 11 is 0. The molecule has 1 fully saturated rings. The number of aryl methyl sites for hydroxylation is 2. The van der Waals surface area contributed by atoms with Crippen LogP contribution in [0.15, 0.2) is 18.2 Å². The lowest BCUT2D eigenvalue weighted by atomic mass is 10.1. The summed E-state index contributed by atoms with van der Waals surface area (Å²) < 4.78 is 0. The number of nitrogens with one attached hydrogen (secondary N) is 1. The molecule has 1 saturated heterocycles. The molecule has 3 nitrogen and oxygen atoms in total. The molecule has 1 aromatic rings. The Labute approximate surface area is 117 Å². The van der Waals surface area contributed by atoms with Gasteiger partial charge in [0.1, 0.15) is 0 Å². The molecule has 1 aliphatic heterocycles. The number of hydrogen-bond donors (Lipinski definition) is 1. The number of anilines is 1. The zero-order valence-electron chi connectivity index (χ0n) is 12.7. The van der Waals surface area contributed by atoms with Gasteiger partial charge in [-0.15, -0.1) is 0 Å². The van der Waals surface area contributed by atoms with E-state index >= 15 is 0 Å². The maximum Gasteiger partial charge on any atom is 0.0397 e. The van der Waals surface area contributed by atoms with Crippen LogP contribution in [0.3, 0.4) is 0 Å². The van der Waals surface area contributed by atoms with Crippen LogP contribution in [0.5, 0.6) is 0 Å². The van der Waals surface area contributed by atoms with E-state index in [1.54, 1.807) is 0 Å². The van der Waals surface area contributed by atoms with E-state index < -0.39 is 0 Å². The summed E-state index contributed by atoms with van der Waals surface area (Å²) in [4.78, 5) is 5.12. The van der Waals surface area contributed by atoms with Gasteiger partial charge in [0.25, 0.3) is 0 Å². The predicted molar refractivity (Wildman–Crippen MR) is 83.1 cm³/mol. The topological polar surface area (TPSA) is 18.5 Å². The first-order valence-corrected chi connectivity index (χ1v) is 7.32. The lowest BCUT2D eigenvalue weighted by Gasteiger charge is -2.41. The summed E-state index contributed by atoms with van der Waals surface area (Å²) in [7, 11) is 2.02. The van der Waals surface area contributed by atoms with E-state index in [1.165, 1.54) is 16.8 Å². The average molecular weight is 261 g/mol. The second-order valence-electron chi connectivity index (χ2n) is 5.72. The molecule has 0 spiro atoms. The minimum Gasteiger partial charge on any atom is -0.368 e. The third-order valence-corrected chi connectivity index (χ3v) is 4.11. The minimum atomic E-state index is 0.628. The first-order valence-electron chi connectivity index (χ1n) is 7.32. The molecular weight excluding hydrogens is 234 g/mol. The Morgan fingerprint density at radius 3 is 2.68 bits per heavy atom. The number of benzene rings is 1. The molecule has 106 valence electrons. The van der Waals surface area contributed by atoms with Crippen molar-refractivity contribution in [2.75, 3.05) is 44.7 Å². The molecule has 0 aliphatic carbocycles. The Morgan fingerprint density at radius 1 is 1.26 bits per heavy atom. The van der Waals surface area contributed by atoms with E-state index in [0.29, 0.717) is 6.04 Å². The molecule has 1 N–H and O–H groups in total. The largest absolute Gasteiger partial charge is 0.368 e. The highest BCUT2D eigenvalue weighted by Crippen LogP contribution is 2.23. The highest BCUT2D eigenvalue weighted by atomic mass is 15.3. The lowest BCUT2D eigenvalue weighted by Crippen LogP contribution is -2.53. The van der Waals surface area contributed by atoms with Gasteiger partial charge in [-0.1, -0.05) is 17.7 Å². The van der Waals surface area contributed by atoms with Gasteiger partial charge in [0, 0.05) is 44.5 Å². The quantitative estimate of drug-likeness (QED) is 0.895. The fraction of sp³-hybridized carbons (Fsp3) is 0.625. The fourth-order valence-corrected chi connectivity index (χ4v) is 2.96. The number of hydrogen-bond acceptors (Lipinski definition) is 3. The normalized spacial score (nSPS) is 20.8. The van der Waals surface area contributed by atoms with Crippen molar-refractivity contribution >= 4 is 5.69 Å². The van der Waals surface area contributed by atoms with Crippen molar-refractivity contribution < 1.29 is 0 Å². The van der Waals surface area contributed by atoms with Gasteiger partial charge in [0.15, 0.2) is 0 Å². The van der Waals surface area contributed by atoms with Gasteiger partial charge in [0.2, 0.25) is 0 Å². The number of rotatable bonds is 4. The van der Waals surface area contributed by atoms with Crippen molar-refractivity contribution in [2.24, 2.45) is 0 Å². The average Bonchev–Trinajstić information content (AvgIpc) is 2.37. The molecule has 1 unspecified atom stereocenters. The third-order valence-electron chi connectivity index (χ3n) is 4.11. The first kappa shape index (κ1) is 14.4. The van der Waals surface area contributed by atoms with Crippen LogP contribution < -0.4 is 10.2 Å². The Bertz CT molecular complexity index is 416. The van der Waals surface area contributed by atoms with E-state index in [2.05, 4.69) is 54.1 Å². The summed E-state index contributed by atoms with van der Waals surface area (Å²) in [5.74, 6) is 0. The predicted octanol–water partition coefficient (Wildman–Crippen LogP) is 2.03. The molecule has 1 aromatic carbocycles. The summed E-state index contributed by atoms with van der Waals surface area (Å²) in [6.07, 6.45) is 0. The van der Waals surface area contributed by atoms with Gasteiger partial charge >= 0.3 is 0 Å². The molecule has 2 rings (SSSR count). The number of nitrogens with zero attached hydrogens (tertiary/aromatic N) is 2. The maximum atomic E-state index is 3.24. The molecule has 1 aliphatic rings. The second-order valence-corrected chi connectivity index (χ2v) is 5.72. The van der Waals surface area contributed by atoms with E-state index in [4.69, 9.17) is 0 Å². The SMILES string of the molecule is CNCCN1CCN(c2ccc(C)cc2C)CC1C. The Kier molecular flexibility index (Phi) is 4.83. The molecule has 1 heterocycles. The zero-order valence-corrected chi connectivity index (χ0v) is 12.7. The molecule has 19 heavy (non-hydrogen) atoms. The second kappa shape index (κ2) is 6.40. The van der Waals surface area contributed by atoms with Gasteiger partial charge in [-0.05, 0) is 39.4 Å². The zero-order chi connectivity index (χ0) is 13.8. The van der Waals surface area contributed by atoms with Crippen LogP contribution >= 0.6 is 0 Å². The van der Waals surface area contributed by atoms with E-state index in [9.17, 15) is 0 Å². The van der Waals surface area contributed by atoms with E-state index in [-0.39, 0.29) is 0 Å². The lowest BCUT2D eigenvalue weighted by molar-refractivity contribution is 0.191. The van der Waals surface area contributed by atoms with Crippen molar-refractivity contribution in [3.05, 3.63) is 29.3 Å². The van der Waals surface area contributed by atoms with Crippen LogP contribution in [0.2, 0.25) is 0 Å². The summed E-state index contributed by atoms with van der Waals surface area (Å²) in [6, 6.07) is 7.41. The van der Waals surface area contributed by atoms with Crippen LogP contribution in [0, 0.1) is 13.8 Å². The molecular formula is C16H27N3. The highest BCUT2D eigenvalue weighted by molar-refractivity contribution is 5.54. The van der Waals surface area contributed by atoms with Crippen LogP contribution in [0.25, 0.3) is 0 Å². The Balaban J connectivity index is 2.01. The third kappa shape index (κ3) is 3.48. The molecule has 0 radical (unpaired) electrons. The smallest absolute Gasteiger partial charge is 0.0397 e. The van der Waals surface area contributed by atoms with Crippen molar-refractivity contribution in [3.63, 3.8) is 0 Å². The van der Waals surface area contributed by atoms with E-state index in [0.717, 1.165) is 32.7 Å². The van der Waals surface area contributed by atoms with Crippen molar-refractivity contribution in [1.82, 2.24) is 10.2 Å². The number of likely N-dealkylation sites (N-methyl/N-ethyl adjacent to an activating group) is 1. The van der Waals surface area contributed by atoms with Crippen LogP contribution in [0.1, 0.15) is 18.1 Å². The summed E-state index contributed by atoms with van der Waals surface area (Å²) in [6.45, 7) is 12.4. The minimum absolute atomic E-state index is 0.628. The Morgan fingerprint density at radius 2 is 2.05 bits per heavy atom. The van der Waals surface area contributed by atoms with Gasteiger partial charge < -0.3 is 10.2 Å². The van der Waals surface area contributed by atoms with Gasteiger partial charge in [-0.25, -0.2) is 0 Å². The van der Waals surface area contributed by atoms with Crippen molar-refractivity contribution in [3.8, 4) is 0 Å². The summed E-state index contributed by atoms with van der Waals surface area (Å²) in [5.41, 5.74) is 4.16. The van der Waals surface area contributed by atoms with E-state index in [1.807, 2.05) is 7.05 Å². The van der Waals surface area contributed by atoms with Crippen LogP contribution in [0.4, 0.5) is 5.69 Å². The molecule has 3 heteroatoms. The molecule has 0 saturated carbocycles.